The van der Waals surface area contributed by atoms with E-state index in [1.807, 2.05) is 48.7 Å². The van der Waals surface area contributed by atoms with Crippen molar-refractivity contribution in [3.8, 4) is 11.5 Å². The van der Waals surface area contributed by atoms with Crippen LogP contribution >= 0.6 is 0 Å². The molecule has 1 aliphatic rings. The van der Waals surface area contributed by atoms with Gasteiger partial charge in [-0.25, -0.2) is 0 Å². The number of nitrogens with zero attached hydrogens (tertiary/aromatic N) is 2. The van der Waals surface area contributed by atoms with Crippen molar-refractivity contribution in [1.82, 2.24) is 0 Å². The number of ether oxygens (including phenoxy) is 3. The fraction of sp³-hybridized carbons (Fsp3) is 0.231. The van der Waals surface area contributed by atoms with Gasteiger partial charge in [0.2, 0.25) is 0 Å². The first kappa shape index (κ1) is 20.7. The zero-order valence-electron chi connectivity index (χ0n) is 18.0. The summed E-state index contributed by atoms with van der Waals surface area (Å²) in [5, 5.41) is 0. The fourth-order valence-electron chi connectivity index (χ4n) is 3.68. The van der Waals surface area contributed by atoms with Crippen LogP contribution in [0.3, 0.4) is 0 Å². The Morgan fingerprint density at radius 3 is 1.71 bits per heavy atom. The Morgan fingerprint density at radius 2 is 1.23 bits per heavy atom. The first-order valence-electron chi connectivity index (χ1n) is 10.4. The van der Waals surface area contributed by atoms with E-state index >= 15 is 0 Å². The first-order valence-corrected chi connectivity index (χ1v) is 10.4. The largest absolute Gasteiger partial charge is 0.497 e. The number of hydrogen-bond acceptors (Lipinski definition) is 5. The highest BCUT2D eigenvalue weighted by atomic mass is 16.5. The van der Waals surface area contributed by atoms with Crippen LogP contribution in [0.5, 0.6) is 11.5 Å². The van der Waals surface area contributed by atoms with Crippen molar-refractivity contribution < 1.29 is 14.2 Å². The molecule has 160 valence electrons. The van der Waals surface area contributed by atoms with Crippen molar-refractivity contribution in [2.45, 2.75) is 6.61 Å². The number of methoxy groups -OCH3 is 2. The molecule has 4 rings (SSSR count). The molecule has 5 nitrogen and oxygen atoms in total. The Hall–Kier alpha value is -3.60. The van der Waals surface area contributed by atoms with Gasteiger partial charge in [-0.3, -0.25) is 0 Å². The third-order valence-corrected chi connectivity index (χ3v) is 5.35. The van der Waals surface area contributed by atoms with Gasteiger partial charge in [0, 0.05) is 30.0 Å². The van der Waals surface area contributed by atoms with Gasteiger partial charge in [0.05, 0.1) is 27.2 Å². The molecule has 0 aliphatic carbocycles. The van der Waals surface area contributed by atoms with E-state index in [2.05, 4.69) is 46.2 Å². The van der Waals surface area contributed by atoms with Crippen LogP contribution < -0.4 is 19.3 Å². The molecule has 3 aromatic rings. The molecule has 0 amide bonds. The van der Waals surface area contributed by atoms with E-state index < -0.39 is 0 Å². The van der Waals surface area contributed by atoms with Crippen LogP contribution in [0.25, 0.3) is 0 Å². The van der Waals surface area contributed by atoms with Crippen molar-refractivity contribution >= 4 is 11.4 Å². The molecule has 0 aromatic heterocycles. The normalized spacial score (nSPS) is 13.7. The lowest BCUT2D eigenvalue weighted by atomic mass is 10.1. The molecule has 0 N–H and O–H groups in total. The van der Waals surface area contributed by atoms with Gasteiger partial charge in [-0.05, 0) is 54.1 Å². The fourth-order valence-corrected chi connectivity index (χ4v) is 3.68. The Kier molecular flexibility index (Phi) is 6.62. The minimum absolute atomic E-state index is 0.565. The van der Waals surface area contributed by atoms with Crippen LogP contribution in [-0.4, -0.2) is 34.0 Å². The third kappa shape index (κ3) is 5.31. The van der Waals surface area contributed by atoms with Gasteiger partial charge < -0.3 is 24.0 Å². The summed E-state index contributed by atoms with van der Waals surface area (Å²) in [7, 11) is 3.37. The molecule has 3 aromatic carbocycles. The number of hydrogen-bond donors (Lipinski definition) is 0. The quantitative estimate of drug-likeness (QED) is 0.501. The highest BCUT2D eigenvalue weighted by Gasteiger charge is 2.22. The summed E-state index contributed by atoms with van der Waals surface area (Å²) in [6, 6.07) is 26.6. The van der Waals surface area contributed by atoms with Gasteiger partial charge in [0.1, 0.15) is 18.1 Å². The van der Waals surface area contributed by atoms with Gasteiger partial charge in [-0.1, -0.05) is 30.3 Å². The zero-order chi connectivity index (χ0) is 21.5. The lowest BCUT2D eigenvalue weighted by Gasteiger charge is -2.39. The van der Waals surface area contributed by atoms with Crippen LogP contribution in [0.2, 0.25) is 0 Å². The van der Waals surface area contributed by atoms with Crippen molar-refractivity contribution in [3.05, 3.63) is 96.3 Å². The van der Waals surface area contributed by atoms with E-state index in [0.717, 1.165) is 48.2 Å². The summed E-state index contributed by atoms with van der Waals surface area (Å²) in [6.45, 7) is 2.98. The predicted molar refractivity (Wildman–Crippen MR) is 125 cm³/mol. The molecule has 0 radical (unpaired) electrons. The van der Waals surface area contributed by atoms with Gasteiger partial charge in [0.25, 0.3) is 0 Å². The highest BCUT2D eigenvalue weighted by Crippen LogP contribution is 2.27. The molecule has 1 saturated heterocycles. The van der Waals surface area contributed by atoms with Crippen LogP contribution in [0, 0.1) is 0 Å². The van der Waals surface area contributed by atoms with E-state index in [1.54, 1.807) is 14.2 Å². The van der Waals surface area contributed by atoms with E-state index in [-0.39, 0.29) is 0 Å². The number of anilines is 2. The molecule has 1 heterocycles. The maximum Gasteiger partial charge on any atom is 0.119 e. The van der Waals surface area contributed by atoms with Crippen molar-refractivity contribution in [1.29, 1.82) is 0 Å². The van der Waals surface area contributed by atoms with Gasteiger partial charge in [-0.15, -0.1) is 0 Å². The average molecular weight is 417 g/mol. The minimum Gasteiger partial charge on any atom is -0.497 e. The molecule has 1 aliphatic heterocycles. The summed E-state index contributed by atoms with van der Waals surface area (Å²) in [5.74, 6) is 1.71. The first-order chi connectivity index (χ1) is 15.2. The maximum absolute atomic E-state index is 5.95. The van der Waals surface area contributed by atoms with Crippen LogP contribution in [0.4, 0.5) is 11.4 Å². The molecule has 0 atom stereocenters. The van der Waals surface area contributed by atoms with E-state index in [9.17, 15) is 0 Å². The second-order valence-electron chi connectivity index (χ2n) is 7.51. The minimum atomic E-state index is 0.565. The maximum atomic E-state index is 5.95. The Morgan fingerprint density at radius 1 is 0.710 bits per heavy atom. The van der Waals surface area contributed by atoms with Crippen LogP contribution in [0.15, 0.2) is 90.7 Å². The second kappa shape index (κ2) is 9.94. The summed E-state index contributed by atoms with van der Waals surface area (Å²) in [4.78, 5) is 4.68. The summed E-state index contributed by atoms with van der Waals surface area (Å²) < 4.78 is 16.6. The highest BCUT2D eigenvalue weighted by molar-refractivity contribution is 5.57. The monoisotopic (exact) mass is 416 g/mol. The molecule has 5 heteroatoms. The molecule has 1 fully saturated rings. The van der Waals surface area contributed by atoms with Crippen molar-refractivity contribution in [2.75, 3.05) is 43.8 Å². The molecule has 0 unspecified atom stereocenters. The van der Waals surface area contributed by atoms with Crippen molar-refractivity contribution in [2.24, 2.45) is 0 Å². The lowest BCUT2D eigenvalue weighted by Crippen LogP contribution is -2.46. The molecule has 31 heavy (non-hydrogen) atoms. The van der Waals surface area contributed by atoms with Crippen LogP contribution in [-0.2, 0) is 11.3 Å². The molecule has 0 saturated carbocycles. The predicted octanol–water partition coefficient (Wildman–Crippen LogP) is 5.09. The van der Waals surface area contributed by atoms with E-state index in [4.69, 9.17) is 14.2 Å². The van der Waals surface area contributed by atoms with Crippen LogP contribution in [0.1, 0.15) is 5.56 Å². The van der Waals surface area contributed by atoms with Gasteiger partial charge in [0.15, 0.2) is 0 Å². The Balaban J connectivity index is 1.53. The second-order valence-corrected chi connectivity index (χ2v) is 7.51. The van der Waals surface area contributed by atoms with Gasteiger partial charge in [-0.2, -0.15) is 0 Å². The summed E-state index contributed by atoms with van der Waals surface area (Å²) in [6.07, 6.45) is 1.92. The SMILES string of the molecule is COc1ccc(N2CC(=COCc3ccccc3)CN(c3ccc(OC)cc3)C2)cc1. The molecule has 0 bridgehead atoms. The topological polar surface area (TPSA) is 34.2 Å². The Labute approximate surface area is 184 Å². The summed E-state index contributed by atoms with van der Waals surface area (Å²) in [5.41, 5.74) is 4.67. The van der Waals surface area contributed by atoms with E-state index in [1.165, 1.54) is 5.57 Å². The molecular formula is C26H28N2O3. The third-order valence-electron chi connectivity index (χ3n) is 5.35. The number of rotatable bonds is 7. The molecular weight excluding hydrogens is 388 g/mol. The summed E-state index contributed by atoms with van der Waals surface area (Å²) >= 11 is 0. The number of benzene rings is 3. The van der Waals surface area contributed by atoms with E-state index in [0.29, 0.717) is 6.61 Å². The average Bonchev–Trinajstić information content (AvgIpc) is 2.84. The smallest absolute Gasteiger partial charge is 0.119 e. The standard InChI is InChI=1S/C26H28N2O3/c1-29-25-12-8-23(9-13-25)27-16-22(19-31-18-21-6-4-3-5-7-21)17-28(20-27)24-10-14-26(30-2)15-11-24/h3-15,19H,16-18,20H2,1-2H3. The van der Waals surface area contributed by atoms with Gasteiger partial charge >= 0.3 is 0 Å². The zero-order valence-corrected chi connectivity index (χ0v) is 18.0. The lowest BCUT2D eigenvalue weighted by molar-refractivity contribution is 0.232. The Bertz CT molecular complexity index is 928. The molecule has 0 spiro atoms. The van der Waals surface area contributed by atoms with Crippen molar-refractivity contribution in [3.63, 3.8) is 0 Å².